The molecule has 0 bridgehead atoms. The van der Waals surface area contributed by atoms with Gasteiger partial charge >= 0.3 is 0 Å². The van der Waals surface area contributed by atoms with Gasteiger partial charge in [0.25, 0.3) is 0 Å². The van der Waals surface area contributed by atoms with Crippen LogP contribution in [0.5, 0.6) is 0 Å². The fourth-order valence-electron chi connectivity index (χ4n) is 0.832. The Labute approximate surface area is 80.3 Å². The van der Waals surface area contributed by atoms with Gasteiger partial charge in [0.2, 0.25) is 0 Å². The first-order valence-electron chi connectivity index (χ1n) is 4.46. The monoisotopic (exact) mass is 173 g/mol. The van der Waals surface area contributed by atoms with Crippen LogP contribution in [0.2, 0.25) is 0 Å². The SMILES string of the molecule is C/C(C#N)=C\c1ccccc1.CC. The van der Waals surface area contributed by atoms with E-state index in [0.29, 0.717) is 0 Å². The van der Waals surface area contributed by atoms with Crippen LogP contribution in [-0.4, -0.2) is 0 Å². The molecule has 0 fully saturated rings. The second-order valence-electron chi connectivity index (χ2n) is 2.35. The van der Waals surface area contributed by atoms with Crippen molar-refractivity contribution >= 4 is 6.08 Å². The van der Waals surface area contributed by atoms with Gasteiger partial charge < -0.3 is 0 Å². The number of hydrogen-bond acceptors (Lipinski definition) is 1. The molecule has 0 saturated carbocycles. The minimum atomic E-state index is 0.733. The van der Waals surface area contributed by atoms with E-state index in [0.717, 1.165) is 11.1 Å². The van der Waals surface area contributed by atoms with Gasteiger partial charge in [-0.2, -0.15) is 5.26 Å². The van der Waals surface area contributed by atoms with Gasteiger partial charge in [-0.3, -0.25) is 0 Å². The molecule has 0 heterocycles. The van der Waals surface area contributed by atoms with Gasteiger partial charge in [0, 0.05) is 5.57 Å². The van der Waals surface area contributed by atoms with Crippen LogP contribution >= 0.6 is 0 Å². The Morgan fingerprint density at radius 1 is 1.23 bits per heavy atom. The maximum absolute atomic E-state index is 8.48. The third-order valence-corrected chi connectivity index (χ3v) is 1.36. The minimum Gasteiger partial charge on any atom is -0.193 e. The number of rotatable bonds is 1. The summed E-state index contributed by atoms with van der Waals surface area (Å²) in [6.45, 7) is 5.80. The molecule has 13 heavy (non-hydrogen) atoms. The summed E-state index contributed by atoms with van der Waals surface area (Å²) < 4.78 is 0. The molecule has 0 radical (unpaired) electrons. The predicted octanol–water partition coefficient (Wildman–Crippen LogP) is 3.64. The van der Waals surface area contributed by atoms with Crippen LogP contribution in [0.25, 0.3) is 6.08 Å². The zero-order valence-corrected chi connectivity index (χ0v) is 8.41. The van der Waals surface area contributed by atoms with E-state index in [1.165, 1.54) is 0 Å². The van der Waals surface area contributed by atoms with Crippen molar-refractivity contribution in [3.8, 4) is 6.07 Å². The molecule has 0 aliphatic heterocycles. The third kappa shape index (κ3) is 4.81. The first kappa shape index (κ1) is 11.4. The Hall–Kier alpha value is -1.55. The van der Waals surface area contributed by atoms with Crippen LogP contribution in [0, 0.1) is 11.3 Å². The van der Waals surface area contributed by atoms with E-state index in [1.807, 2.05) is 50.3 Å². The summed E-state index contributed by atoms with van der Waals surface area (Å²) in [4.78, 5) is 0. The van der Waals surface area contributed by atoms with E-state index in [-0.39, 0.29) is 0 Å². The molecule has 1 heteroatoms. The van der Waals surface area contributed by atoms with Crippen molar-refractivity contribution in [2.24, 2.45) is 0 Å². The lowest BCUT2D eigenvalue weighted by molar-refractivity contribution is 1.46. The third-order valence-electron chi connectivity index (χ3n) is 1.36. The van der Waals surface area contributed by atoms with E-state index in [2.05, 4.69) is 6.07 Å². The van der Waals surface area contributed by atoms with Crippen molar-refractivity contribution in [3.63, 3.8) is 0 Å². The highest BCUT2D eigenvalue weighted by atomic mass is 14.2. The van der Waals surface area contributed by atoms with Crippen LogP contribution in [0.3, 0.4) is 0 Å². The summed E-state index contributed by atoms with van der Waals surface area (Å²) in [6.07, 6.45) is 1.86. The average molecular weight is 173 g/mol. The summed E-state index contributed by atoms with van der Waals surface area (Å²) >= 11 is 0. The van der Waals surface area contributed by atoms with Gasteiger partial charge in [-0.25, -0.2) is 0 Å². The Bertz CT molecular complexity index is 291. The maximum Gasteiger partial charge on any atom is 0.0944 e. The van der Waals surface area contributed by atoms with Gasteiger partial charge in [-0.05, 0) is 18.6 Å². The normalized spacial score (nSPS) is 9.54. The highest BCUT2D eigenvalue weighted by Gasteiger charge is 1.85. The molecule has 0 N–H and O–H groups in total. The first-order chi connectivity index (χ1) is 6.33. The fourth-order valence-corrected chi connectivity index (χ4v) is 0.832. The lowest BCUT2D eigenvalue weighted by Gasteiger charge is -1.90. The molecule has 0 saturated heterocycles. The van der Waals surface area contributed by atoms with E-state index >= 15 is 0 Å². The zero-order chi connectivity index (χ0) is 10.1. The summed E-state index contributed by atoms with van der Waals surface area (Å²) in [5, 5.41) is 8.48. The lowest BCUT2D eigenvalue weighted by Crippen LogP contribution is -1.71. The van der Waals surface area contributed by atoms with Crippen LogP contribution < -0.4 is 0 Å². The molecule has 0 atom stereocenters. The zero-order valence-electron chi connectivity index (χ0n) is 8.41. The van der Waals surface area contributed by atoms with E-state index in [1.54, 1.807) is 6.92 Å². The van der Waals surface area contributed by atoms with Gasteiger partial charge in [-0.15, -0.1) is 0 Å². The Kier molecular flexibility index (Phi) is 6.27. The smallest absolute Gasteiger partial charge is 0.0944 e. The molecule has 0 aliphatic rings. The number of hydrogen-bond donors (Lipinski definition) is 0. The molecule has 1 nitrogen and oxygen atoms in total. The van der Waals surface area contributed by atoms with Crippen molar-refractivity contribution < 1.29 is 0 Å². The molecule has 1 rings (SSSR count). The highest BCUT2D eigenvalue weighted by molar-refractivity contribution is 5.55. The van der Waals surface area contributed by atoms with Crippen molar-refractivity contribution in [3.05, 3.63) is 41.5 Å². The van der Waals surface area contributed by atoms with Crippen molar-refractivity contribution in [1.82, 2.24) is 0 Å². The molecule has 0 aromatic heterocycles. The van der Waals surface area contributed by atoms with Crippen LogP contribution in [-0.2, 0) is 0 Å². The largest absolute Gasteiger partial charge is 0.193 e. The summed E-state index contributed by atoms with van der Waals surface area (Å²) in [6, 6.07) is 11.9. The molecule has 0 amide bonds. The van der Waals surface area contributed by atoms with E-state index in [9.17, 15) is 0 Å². The summed E-state index contributed by atoms with van der Waals surface area (Å²) in [5.41, 5.74) is 1.81. The summed E-state index contributed by atoms with van der Waals surface area (Å²) in [7, 11) is 0. The van der Waals surface area contributed by atoms with Crippen LogP contribution in [0.4, 0.5) is 0 Å². The molecule has 0 spiro atoms. The molecule has 0 unspecified atom stereocenters. The van der Waals surface area contributed by atoms with Crippen molar-refractivity contribution in [2.75, 3.05) is 0 Å². The Morgan fingerprint density at radius 3 is 2.23 bits per heavy atom. The second-order valence-corrected chi connectivity index (χ2v) is 2.35. The quantitative estimate of drug-likeness (QED) is 0.595. The second kappa shape index (κ2) is 7.12. The molecular weight excluding hydrogens is 158 g/mol. The fraction of sp³-hybridized carbons (Fsp3) is 0.250. The van der Waals surface area contributed by atoms with Gasteiger partial charge in [0.05, 0.1) is 6.07 Å². The Balaban J connectivity index is 0.000000671. The highest BCUT2D eigenvalue weighted by Crippen LogP contribution is 2.04. The minimum absolute atomic E-state index is 0.733. The number of allylic oxidation sites excluding steroid dienone is 1. The first-order valence-corrected chi connectivity index (χ1v) is 4.46. The molecule has 0 aliphatic carbocycles. The number of benzene rings is 1. The van der Waals surface area contributed by atoms with Crippen molar-refractivity contribution in [1.29, 1.82) is 5.26 Å². The lowest BCUT2D eigenvalue weighted by atomic mass is 10.1. The van der Waals surface area contributed by atoms with Gasteiger partial charge in [0.1, 0.15) is 0 Å². The predicted molar refractivity (Wildman–Crippen MR) is 57.1 cm³/mol. The van der Waals surface area contributed by atoms with Gasteiger partial charge in [-0.1, -0.05) is 44.2 Å². The van der Waals surface area contributed by atoms with Gasteiger partial charge in [0.15, 0.2) is 0 Å². The van der Waals surface area contributed by atoms with Crippen molar-refractivity contribution in [2.45, 2.75) is 20.8 Å². The Morgan fingerprint density at radius 2 is 1.77 bits per heavy atom. The molecular formula is C12H15N. The number of nitrogens with zero attached hydrogens (tertiary/aromatic N) is 1. The molecule has 68 valence electrons. The standard InChI is InChI=1S/C10H9N.C2H6/c1-9(8-11)7-10-5-3-2-4-6-10;1-2/h2-7H,1H3;1-2H3/b9-7+;. The van der Waals surface area contributed by atoms with Crippen LogP contribution in [0.1, 0.15) is 26.3 Å². The number of nitriles is 1. The van der Waals surface area contributed by atoms with Crippen LogP contribution in [0.15, 0.2) is 35.9 Å². The maximum atomic E-state index is 8.48. The molecule has 1 aromatic carbocycles. The topological polar surface area (TPSA) is 23.8 Å². The summed E-state index contributed by atoms with van der Waals surface area (Å²) in [5.74, 6) is 0. The average Bonchev–Trinajstić information content (AvgIpc) is 2.22. The van der Waals surface area contributed by atoms with E-state index in [4.69, 9.17) is 5.26 Å². The molecule has 1 aromatic rings. The van der Waals surface area contributed by atoms with E-state index < -0.39 is 0 Å².